The molecule has 0 bridgehead atoms. The third-order valence-corrected chi connectivity index (χ3v) is 7.48. The summed E-state index contributed by atoms with van der Waals surface area (Å²) in [6, 6.07) is 16.8. The van der Waals surface area contributed by atoms with Gasteiger partial charge >= 0.3 is 0 Å². The first-order valence-corrected chi connectivity index (χ1v) is 11.8. The lowest BCUT2D eigenvalue weighted by atomic mass is 10.0. The first-order valence-electron chi connectivity index (χ1n) is 9.52. The van der Waals surface area contributed by atoms with Crippen molar-refractivity contribution in [2.45, 2.75) is 4.90 Å². The van der Waals surface area contributed by atoms with Crippen molar-refractivity contribution in [1.29, 1.82) is 0 Å². The third-order valence-electron chi connectivity index (χ3n) is 5.06. The van der Waals surface area contributed by atoms with Crippen LogP contribution in [0.5, 0.6) is 0 Å². The highest BCUT2D eigenvalue weighted by Crippen LogP contribution is 2.40. The highest BCUT2D eigenvalue weighted by molar-refractivity contribution is 9.10. The van der Waals surface area contributed by atoms with E-state index in [2.05, 4.69) is 21.2 Å². The van der Waals surface area contributed by atoms with Gasteiger partial charge in [-0.2, -0.15) is 0 Å². The van der Waals surface area contributed by atoms with Crippen molar-refractivity contribution in [3.8, 4) is 11.3 Å². The summed E-state index contributed by atoms with van der Waals surface area (Å²) >= 11 is 3.43. The molecule has 0 saturated heterocycles. The van der Waals surface area contributed by atoms with Crippen LogP contribution in [0.1, 0.15) is 10.4 Å². The predicted molar refractivity (Wildman–Crippen MR) is 125 cm³/mol. The number of nitrogens with zero attached hydrogens (tertiary/aromatic N) is 1. The highest BCUT2D eigenvalue weighted by Gasteiger charge is 2.27. The number of furan rings is 1. The molecule has 9 heteroatoms. The van der Waals surface area contributed by atoms with E-state index >= 15 is 0 Å². The zero-order valence-electron chi connectivity index (χ0n) is 17.1. The fraction of sp³-hybridized carbons (Fsp3) is 0.0870. The molecule has 0 aliphatic rings. The second-order valence-electron chi connectivity index (χ2n) is 6.98. The van der Waals surface area contributed by atoms with Gasteiger partial charge in [0.2, 0.25) is 0 Å². The Balaban J connectivity index is 1.90. The fourth-order valence-electron chi connectivity index (χ4n) is 3.38. The largest absolute Gasteiger partial charge is 0.455 e. The SMILES string of the molecule is CNC(=O)c1c(-c2ccc(F)cc2)oc2cc(N(C)S(=O)(=O)c3ccccc3)c(Br)cc12. The minimum absolute atomic E-state index is 0.145. The quantitative estimate of drug-likeness (QED) is 0.396. The molecule has 0 aliphatic heterocycles. The molecular weight excluding hydrogens is 499 g/mol. The highest BCUT2D eigenvalue weighted by atomic mass is 79.9. The fourth-order valence-corrected chi connectivity index (χ4v) is 5.34. The van der Waals surface area contributed by atoms with Crippen molar-refractivity contribution < 1.29 is 22.0 Å². The van der Waals surface area contributed by atoms with E-state index in [0.717, 1.165) is 4.31 Å². The number of hydrogen-bond acceptors (Lipinski definition) is 4. The molecule has 1 heterocycles. The number of hydrogen-bond donors (Lipinski definition) is 1. The van der Waals surface area contributed by atoms with Crippen LogP contribution in [0.4, 0.5) is 10.1 Å². The Kier molecular flexibility index (Phi) is 5.79. The maximum Gasteiger partial charge on any atom is 0.264 e. The van der Waals surface area contributed by atoms with Crippen molar-refractivity contribution >= 4 is 48.5 Å². The summed E-state index contributed by atoms with van der Waals surface area (Å²) in [7, 11) is -0.882. The number of carbonyl (C=O) groups is 1. The molecule has 3 aromatic carbocycles. The zero-order valence-corrected chi connectivity index (χ0v) is 19.5. The summed E-state index contributed by atoms with van der Waals surface area (Å²) in [6.45, 7) is 0. The third kappa shape index (κ3) is 3.78. The van der Waals surface area contributed by atoms with Crippen LogP contribution in [-0.4, -0.2) is 28.4 Å². The lowest BCUT2D eigenvalue weighted by Gasteiger charge is -2.20. The smallest absolute Gasteiger partial charge is 0.264 e. The standard InChI is InChI=1S/C23H18BrFN2O4S/c1-26-23(28)21-17-12-18(24)19(27(2)32(29,30)16-6-4-3-5-7-16)13-20(17)31-22(21)14-8-10-15(25)11-9-14/h3-13H,1-2H3,(H,26,28). The van der Waals surface area contributed by atoms with Crippen molar-refractivity contribution in [2.24, 2.45) is 0 Å². The summed E-state index contributed by atoms with van der Waals surface area (Å²) in [5, 5.41) is 3.08. The Morgan fingerprint density at radius 1 is 1.06 bits per heavy atom. The molecule has 0 spiro atoms. The van der Waals surface area contributed by atoms with Gasteiger partial charge in [0.1, 0.15) is 17.2 Å². The van der Waals surface area contributed by atoms with Crippen LogP contribution < -0.4 is 9.62 Å². The molecule has 4 aromatic rings. The van der Waals surface area contributed by atoms with E-state index < -0.39 is 15.8 Å². The number of anilines is 1. The summed E-state index contributed by atoms with van der Waals surface area (Å²) in [6.07, 6.45) is 0. The van der Waals surface area contributed by atoms with Gasteiger partial charge in [-0.05, 0) is 58.4 Å². The van der Waals surface area contributed by atoms with Gasteiger partial charge in [-0.25, -0.2) is 12.8 Å². The molecule has 164 valence electrons. The topological polar surface area (TPSA) is 79.6 Å². The van der Waals surface area contributed by atoms with Crippen molar-refractivity contribution in [2.75, 3.05) is 18.4 Å². The van der Waals surface area contributed by atoms with E-state index in [0.29, 0.717) is 26.7 Å². The van der Waals surface area contributed by atoms with Gasteiger partial charge in [0.15, 0.2) is 0 Å². The first kappa shape index (κ1) is 22.0. The van der Waals surface area contributed by atoms with Crippen LogP contribution in [0.3, 0.4) is 0 Å². The zero-order chi connectivity index (χ0) is 23.0. The molecule has 0 aliphatic carbocycles. The van der Waals surface area contributed by atoms with E-state index in [9.17, 15) is 17.6 Å². The van der Waals surface area contributed by atoms with Crippen molar-refractivity contribution in [3.05, 3.63) is 82.6 Å². The van der Waals surface area contributed by atoms with E-state index in [1.54, 1.807) is 30.3 Å². The minimum Gasteiger partial charge on any atom is -0.455 e. The summed E-state index contributed by atoms with van der Waals surface area (Å²) < 4.78 is 47.1. The maximum atomic E-state index is 13.4. The molecule has 1 N–H and O–H groups in total. The van der Waals surface area contributed by atoms with Crippen LogP contribution >= 0.6 is 15.9 Å². The Morgan fingerprint density at radius 3 is 2.34 bits per heavy atom. The van der Waals surface area contributed by atoms with E-state index in [-0.39, 0.29) is 22.1 Å². The molecule has 0 radical (unpaired) electrons. The normalized spacial score (nSPS) is 11.5. The molecule has 6 nitrogen and oxygen atoms in total. The van der Waals surface area contributed by atoms with Gasteiger partial charge in [0.25, 0.3) is 15.9 Å². The van der Waals surface area contributed by atoms with Gasteiger partial charge in [-0.1, -0.05) is 18.2 Å². The molecule has 0 unspecified atom stereocenters. The molecular formula is C23H18BrFN2O4S. The number of halogens is 2. The Hall–Kier alpha value is -3.17. The number of sulfonamides is 1. The predicted octanol–water partition coefficient (Wildman–Crippen LogP) is 5.19. The maximum absolute atomic E-state index is 13.4. The molecule has 0 atom stereocenters. The molecule has 0 fully saturated rings. The molecule has 1 amide bonds. The number of rotatable bonds is 5. The lowest BCUT2D eigenvalue weighted by Crippen LogP contribution is -2.26. The summed E-state index contributed by atoms with van der Waals surface area (Å²) in [4.78, 5) is 12.8. The Labute approximate surface area is 192 Å². The van der Waals surface area contributed by atoms with Gasteiger partial charge < -0.3 is 9.73 Å². The Bertz CT molecular complexity index is 1420. The van der Waals surface area contributed by atoms with E-state index in [4.69, 9.17) is 4.42 Å². The number of carbonyl (C=O) groups excluding carboxylic acids is 1. The summed E-state index contributed by atoms with van der Waals surface area (Å²) in [5.74, 6) is -0.533. The molecule has 1 aromatic heterocycles. The van der Waals surface area contributed by atoms with E-state index in [1.807, 2.05) is 0 Å². The van der Waals surface area contributed by atoms with Crippen LogP contribution in [0.15, 0.2) is 80.5 Å². The average Bonchev–Trinajstić information content (AvgIpc) is 3.16. The second-order valence-corrected chi connectivity index (χ2v) is 9.80. The average molecular weight is 517 g/mol. The van der Waals surface area contributed by atoms with Crippen molar-refractivity contribution in [3.63, 3.8) is 0 Å². The van der Waals surface area contributed by atoms with Crippen LogP contribution in [0.25, 0.3) is 22.3 Å². The van der Waals surface area contributed by atoms with Gasteiger partial charge in [-0.3, -0.25) is 9.10 Å². The monoisotopic (exact) mass is 516 g/mol. The van der Waals surface area contributed by atoms with E-state index in [1.165, 1.54) is 50.5 Å². The molecule has 32 heavy (non-hydrogen) atoms. The Morgan fingerprint density at radius 2 is 1.72 bits per heavy atom. The minimum atomic E-state index is -3.82. The number of benzene rings is 3. The van der Waals surface area contributed by atoms with Gasteiger partial charge in [-0.15, -0.1) is 0 Å². The molecule has 0 saturated carbocycles. The number of amides is 1. The van der Waals surface area contributed by atoms with Crippen LogP contribution in [0, 0.1) is 5.82 Å². The summed E-state index contributed by atoms with van der Waals surface area (Å²) in [5.41, 5.74) is 1.44. The van der Waals surface area contributed by atoms with Gasteiger partial charge in [0.05, 0.1) is 16.1 Å². The van der Waals surface area contributed by atoms with Gasteiger partial charge in [0, 0.05) is 35.6 Å². The molecule has 4 rings (SSSR count). The van der Waals surface area contributed by atoms with Crippen LogP contribution in [-0.2, 0) is 10.0 Å². The van der Waals surface area contributed by atoms with Crippen molar-refractivity contribution in [1.82, 2.24) is 5.32 Å². The first-order chi connectivity index (χ1) is 15.2. The number of fused-ring (bicyclic) bond motifs is 1. The number of nitrogens with one attached hydrogen (secondary N) is 1. The van der Waals surface area contributed by atoms with Crippen LogP contribution in [0.2, 0.25) is 0 Å². The lowest BCUT2D eigenvalue weighted by molar-refractivity contribution is 0.0964. The second kappa shape index (κ2) is 8.40.